The van der Waals surface area contributed by atoms with Crippen LogP contribution in [0.25, 0.3) is 0 Å². The van der Waals surface area contributed by atoms with Crippen molar-refractivity contribution in [1.29, 1.82) is 0 Å². The summed E-state index contributed by atoms with van der Waals surface area (Å²) in [6.45, 7) is 2.33. The average molecular weight is 395 g/mol. The predicted molar refractivity (Wildman–Crippen MR) is 109 cm³/mol. The minimum atomic E-state index is -0.263. The SMILES string of the molecule is COc1cccc(N2C[C@@H](NC(=O)c3cnc(N4CCCCC4)nc3)CC2=O)c1. The fourth-order valence-electron chi connectivity index (χ4n) is 3.80. The summed E-state index contributed by atoms with van der Waals surface area (Å²) in [5.41, 5.74) is 1.17. The number of methoxy groups -OCH3 is 1. The van der Waals surface area contributed by atoms with Crippen molar-refractivity contribution in [2.45, 2.75) is 31.7 Å². The molecule has 8 nitrogen and oxygen atoms in total. The predicted octanol–water partition coefficient (Wildman–Crippen LogP) is 2.01. The number of nitrogens with one attached hydrogen (secondary N) is 1. The van der Waals surface area contributed by atoms with Crippen LogP contribution in [-0.4, -0.2) is 54.6 Å². The largest absolute Gasteiger partial charge is 0.497 e. The number of benzene rings is 1. The van der Waals surface area contributed by atoms with E-state index in [1.165, 1.54) is 6.42 Å². The fourth-order valence-corrected chi connectivity index (χ4v) is 3.80. The minimum absolute atomic E-state index is 0.0275. The Labute approximate surface area is 169 Å². The monoisotopic (exact) mass is 395 g/mol. The maximum absolute atomic E-state index is 12.6. The molecule has 0 bridgehead atoms. The molecule has 0 unspecified atom stereocenters. The number of piperidine rings is 1. The van der Waals surface area contributed by atoms with E-state index in [0.29, 0.717) is 23.8 Å². The molecule has 2 aliphatic heterocycles. The molecule has 8 heteroatoms. The summed E-state index contributed by atoms with van der Waals surface area (Å²) in [5, 5.41) is 2.93. The van der Waals surface area contributed by atoms with Gasteiger partial charge in [-0.2, -0.15) is 0 Å². The van der Waals surface area contributed by atoms with Crippen LogP contribution in [0.3, 0.4) is 0 Å². The Balaban J connectivity index is 1.37. The highest BCUT2D eigenvalue weighted by molar-refractivity contribution is 5.98. The van der Waals surface area contributed by atoms with Crippen molar-refractivity contribution in [2.24, 2.45) is 0 Å². The number of nitrogens with zero attached hydrogens (tertiary/aromatic N) is 4. The topological polar surface area (TPSA) is 87.7 Å². The summed E-state index contributed by atoms with van der Waals surface area (Å²) < 4.78 is 5.23. The van der Waals surface area contributed by atoms with E-state index < -0.39 is 0 Å². The lowest BCUT2D eigenvalue weighted by Crippen LogP contribution is -2.37. The second-order valence-electron chi connectivity index (χ2n) is 7.40. The summed E-state index contributed by atoms with van der Waals surface area (Å²) in [6.07, 6.45) is 6.90. The molecule has 0 saturated carbocycles. The van der Waals surface area contributed by atoms with Crippen LogP contribution >= 0.6 is 0 Å². The second-order valence-corrected chi connectivity index (χ2v) is 7.40. The Bertz CT molecular complexity index is 880. The van der Waals surface area contributed by atoms with Crippen LogP contribution in [0.2, 0.25) is 0 Å². The Morgan fingerprint density at radius 1 is 1.17 bits per heavy atom. The van der Waals surface area contributed by atoms with Crippen LogP contribution < -0.4 is 19.9 Å². The van der Waals surface area contributed by atoms with Gasteiger partial charge in [-0.1, -0.05) is 6.07 Å². The summed E-state index contributed by atoms with van der Waals surface area (Å²) in [6, 6.07) is 7.08. The third kappa shape index (κ3) is 4.31. The first kappa shape index (κ1) is 19.2. The average Bonchev–Trinajstić information content (AvgIpc) is 3.14. The third-order valence-corrected chi connectivity index (χ3v) is 5.36. The molecular weight excluding hydrogens is 370 g/mol. The Hall–Kier alpha value is -3.16. The van der Waals surface area contributed by atoms with Crippen LogP contribution in [0, 0.1) is 0 Å². The third-order valence-electron chi connectivity index (χ3n) is 5.36. The van der Waals surface area contributed by atoms with Crippen molar-refractivity contribution in [2.75, 3.05) is 36.5 Å². The Kier molecular flexibility index (Phi) is 5.59. The van der Waals surface area contributed by atoms with Crippen LogP contribution in [0.4, 0.5) is 11.6 Å². The molecule has 2 aliphatic rings. The Morgan fingerprint density at radius 2 is 1.93 bits per heavy atom. The van der Waals surface area contributed by atoms with Gasteiger partial charge in [-0.15, -0.1) is 0 Å². The lowest BCUT2D eigenvalue weighted by atomic mass is 10.1. The zero-order valence-electron chi connectivity index (χ0n) is 16.5. The highest BCUT2D eigenvalue weighted by Gasteiger charge is 2.32. The zero-order valence-corrected chi connectivity index (χ0v) is 16.5. The van der Waals surface area contributed by atoms with Gasteiger partial charge >= 0.3 is 0 Å². The quantitative estimate of drug-likeness (QED) is 0.833. The maximum atomic E-state index is 12.6. The number of hydrogen-bond donors (Lipinski definition) is 1. The maximum Gasteiger partial charge on any atom is 0.254 e. The molecule has 3 heterocycles. The van der Waals surface area contributed by atoms with Crippen molar-refractivity contribution in [3.63, 3.8) is 0 Å². The second kappa shape index (κ2) is 8.46. The first-order chi connectivity index (χ1) is 14.1. The van der Waals surface area contributed by atoms with E-state index >= 15 is 0 Å². The minimum Gasteiger partial charge on any atom is -0.497 e. The van der Waals surface area contributed by atoms with Crippen molar-refractivity contribution >= 4 is 23.5 Å². The number of rotatable bonds is 5. The molecule has 1 aromatic heterocycles. The van der Waals surface area contributed by atoms with Gasteiger partial charge in [0, 0.05) is 50.2 Å². The highest BCUT2D eigenvalue weighted by atomic mass is 16.5. The van der Waals surface area contributed by atoms with Gasteiger partial charge in [-0.05, 0) is 31.4 Å². The van der Waals surface area contributed by atoms with E-state index in [1.54, 1.807) is 24.4 Å². The highest BCUT2D eigenvalue weighted by Crippen LogP contribution is 2.25. The van der Waals surface area contributed by atoms with Crippen LogP contribution in [-0.2, 0) is 4.79 Å². The van der Waals surface area contributed by atoms with Crippen molar-refractivity contribution < 1.29 is 14.3 Å². The molecule has 0 aliphatic carbocycles. The molecular formula is C21H25N5O3. The zero-order chi connectivity index (χ0) is 20.2. The number of amides is 2. The van der Waals surface area contributed by atoms with Gasteiger partial charge in [0.25, 0.3) is 5.91 Å². The molecule has 4 rings (SSSR count). The van der Waals surface area contributed by atoms with Gasteiger partial charge in [-0.3, -0.25) is 9.59 Å². The number of aromatic nitrogens is 2. The molecule has 1 N–H and O–H groups in total. The molecule has 2 aromatic rings. The molecule has 29 heavy (non-hydrogen) atoms. The summed E-state index contributed by atoms with van der Waals surface area (Å²) >= 11 is 0. The molecule has 2 amide bonds. The molecule has 1 aromatic carbocycles. The van der Waals surface area contributed by atoms with Crippen LogP contribution in [0.1, 0.15) is 36.0 Å². The molecule has 2 saturated heterocycles. The molecule has 152 valence electrons. The standard InChI is InChI=1S/C21H25N5O3/c1-29-18-7-5-6-17(11-18)26-14-16(10-19(26)27)24-20(28)15-12-22-21(23-13-15)25-8-3-2-4-9-25/h5-7,11-13,16H,2-4,8-10,14H2,1H3,(H,24,28)/t16-/m0/s1. The number of anilines is 2. The normalized spacial score (nSPS) is 19.3. The van der Waals surface area contributed by atoms with Crippen LogP contribution in [0.5, 0.6) is 5.75 Å². The van der Waals surface area contributed by atoms with Gasteiger partial charge < -0.3 is 19.9 Å². The summed E-state index contributed by atoms with van der Waals surface area (Å²) in [4.78, 5) is 37.5. The molecule has 0 spiro atoms. The van der Waals surface area contributed by atoms with Crippen LogP contribution in [0.15, 0.2) is 36.7 Å². The fraction of sp³-hybridized carbons (Fsp3) is 0.429. The van der Waals surface area contributed by atoms with Gasteiger partial charge in [0.1, 0.15) is 5.75 Å². The van der Waals surface area contributed by atoms with Crippen molar-refractivity contribution in [3.05, 3.63) is 42.2 Å². The van der Waals surface area contributed by atoms with Gasteiger partial charge in [0.15, 0.2) is 0 Å². The molecule has 1 atom stereocenters. The van der Waals surface area contributed by atoms with Crippen molar-refractivity contribution in [1.82, 2.24) is 15.3 Å². The van der Waals surface area contributed by atoms with Gasteiger partial charge in [-0.25, -0.2) is 9.97 Å². The van der Waals surface area contributed by atoms with E-state index in [2.05, 4.69) is 20.2 Å². The lowest BCUT2D eigenvalue weighted by molar-refractivity contribution is -0.117. The Morgan fingerprint density at radius 3 is 2.66 bits per heavy atom. The van der Waals surface area contributed by atoms with E-state index in [9.17, 15) is 9.59 Å². The lowest BCUT2D eigenvalue weighted by Gasteiger charge is -2.26. The smallest absolute Gasteiger partial charge is 0.254 e. The number of hydrogen-bond acceptors (Lipinski definition) is 6. The van der Waals surface area contributed by atoms with E-state index in [-0.39, 0.29) is 24.3 Å². The first-order valence-corrected chi connectivity index (χ1v) is 9.96. The number of carbonyl (C=O) groups is 2. The van der Waals surface area contributed by atoms with E-state index in [1.807, 2.05) is 24.3 Å². The molecule has 2 fully saturated rings. The molecule has 0 radical (unpaired) electrons. The van der Waals surface area contributed by atoms with Crippen molar-refractivity contribution in [3.8, 4) is 5.75 Å². The number of ether oxygens (including phenoxy) is 1. The van der Waals surface area contributed by atoms with Gasteiger partial charge in [0.05, 0.1) is 18.7 Å². The van der Waals surface area contributed by atoms with Gasteiger partial charge in [0.2, 0.25) is 11.9 Å². The summed E-state index contributed by atoms with van der Waals surface area (Å²) in [7, 11) is 1.59. The van der Waals surface area contributed by atoms with E-state index in [0.717, 1.165) is 31.6 Å². The van der Waals surface area contributed by atoms with E-state index in [4.69, 9.17) is 4.74 Å². The first-order valence-electron chi connectivity index (χ1n) is 9.96. The summed E-state index contributed by atoms with van der Waals surface area (Å²) in [5.74, 6) is 1.07. The number of carbonyl (C=O) groups excluding carboxylic acids is 2.